The zero-order valence-corrected chi connectivity index (χ0v) is 15.5. The number of unbranched alkanes of at least 4 members (excludes halogenated alkanes) is 1. The second-order valence-electron chi connectivity index (χ2n) is 7.14. The number of carbonyl (C=O) groups is 3. The van der Waals surface area contributed by atoms with E-state index in [1.807, 2.05) is 13.8 Å². The van der Waals surface area contributed by atoms with Gasteiger partial charge in [0.15, 0.2) is 11.6 Å². The molecule has 0 aromatic heterocycles. The fourth-order valence-corrected chi connectivity index (χ4v) is 3.03. The summed E-state index contributed by atoms with van der Waals surface area (Å²) >= 11 is 0. The maximum atomic E-state index is 12.7. The summed E-state index contributed by atoms with van der Waals surface area (Å²) in [6, 6.07) is 0. The third-order valence-electron chi connectivity index (χ3n) is 4.73. The first-order chi connectivity index (χ1) is 10.5. The molecule has 0 N–H and O–H groups in total. The fraction of sp³-hybridized carbons (Fsp3) is 0.632. The van der Waals surface area contributed by atoms with Gasteiger partial charge in [-0.15, -0.1) is 0 Å². The van der Waals surface area contributed by atoms with Crippen molar-refractivity contribution in [2.45, 2.75) is 60.8 Å². The van der Waals surface area contributed by atoms with Crippen LogP contribution in [0.2, 0.25) is 0 Å². The van der Waals surface area contributed by atoms with Gasteiger partial charge in [0.25, 0.3) is 0 Å². The molecule has 0 fully saturated rings. The van der Waals surface area contributed by atoms with Crippen LogP contribution < -0.4 is 0 Å². The average Bonchev–Trinajstić information content (AvgIpc) is 2.47. The van der Waals surface area contributed by atoms with Crippen molar-refractivity contribution >= 4 is 17.5 Å². The van der Waals surface area contributed by atoms with E-state index in [1.165, 1.54) is 0 Å². The summed E-state index contributed by atoms with van der Waals surface area (Å²) in [6.07, 6.45) is 2.22. The molecular weight excluding hydrogens is 290 g/mol. The van der Waals surface area contributed by atoms with E-state index < -0.39 is 5.41 Å². The normalized spacial score (nSPS) is 16.3. The summed E-state index contributed by atoms with van der Waals surface area (Å²) in [6.45, 7) is 11.6. The zero-order chi connectivity index (χ0) is 17.9. The minimum absolute atomic E-state index is 0.00734. The van der Waals surface area contributed by atoms with E-state index in [0.717, 1.165) is 12.8 Å². The molecule has 0 radical (unpaired) electrons. The Morgan fingerprint density at radius 2 is 1.52 bits per heavy atom. The molecule has 0 bridgehead atoms. The van der Waals surface area contributed by atoms with Gasteiger partial charge in [0, 0.05) is 47.7 Å². The third-order valence-corrected chi connectivity index (χ3v) is 4.73. The second kappa shape index (κ2) is 7.24. The lowest BCUT2D eigenvalue weighted by Crippen LogP contribution is -2.36. The number of rotatable bonds is 6. The van der Waals surface area contributed by atoms with Crippen molar-refractivity contribution in [2.24, 2.45) is 5.41 Å². The zero-order valence-electron chi connectivity index (χ0n) is 15.5. The maximum absolute atomic E-state index is 12.7. The molecule has 1 rings (SSSR count). The van der Waals surface area contributed by atoms with Gasteiger partial charge in [-0.25, -0.2) is 0 Å². The van der Waals surface area contributed by atoms with Gasteiger partial charge in [-0.1, -0.05) is 27.2 Å². The highest BCUT2D eigenvalue weighted by Crippen LogP contribution is 2.39. The van der Waals surface area contributed by atoms with Crippen molar-refractivity contribution in [2.75, 3.05) is 13.6 Å². The first kappa shape index (κ1) is 19.3. The summed E-state index contributed by atoms with van der Waals surface area (Å²) < 4.78 is 0. The molecule has 0 aromatic carbocycles. The molecule has 0 atom stereocenters. The molecule has 0 spiro atoms. The lowest BCUT2D eigenvalue weighted by Gasteiger charge is -2.32. The molecule has 0 saturated heterocycles. The summed E-state index contributed by atoms with van der Waals surface area (Å²) in [5.41, 5.74) is 1.32. The van der Waals surface area contributed by atoms with E-state index in [2.05, 4.69) is 6.92 Å². The molecule has 0 saturated carbocycles. The highest BCUT2D eigenvalue weighted by Gasteiger charge is 2.38. The lowest BCUT2D eigenvalue weighted by molar-refractivity contribution is -0.131. The van der Waals surface area contributed by atoms with Crippen LogP contribution in [0.15, 0.2) is 22.3 Å². The Labute approximate surface area is 139 Å². The van der Waals surface area contributed by atoms with Crippen molar-refractivity contribution in [1.82, 2.24) is 4.90 Å². The number of hydrogen-bond acceptors (Lipinski definition) is 3. The van der Waals surface area contributed by atoms with Crippen LogP contribution in [0.3, 0.4) is 0 Å². The quantitative estimate of drug-likeness (QED) is 0.704. The van der Waals surface area contributed by atoms with Crippen LogP contribution in [-0.2, 0) is 14.4 Å². The average molecular weight is 319 g/mol. The van der Waals surface area contributed by atoms with Crippen LogP contribution in [0.1, 0.15) is 60.8 Å². The number of carbonyl (C=O) groups excluding carboxylic acids is 3. The Morgan fingerprint density at radius 3 is 2.04 bits per heavy atom. The minimum Gasteiger partial charge on any atom is -0.346 e. The van der Waals surface area contributed by atoms with Gasteiger partial charge in [0.2, 0.25) is 5.91 Å². The van der Waals surface area contributed by atoms with Gasteiger partial charge >= 0.3 is 0 Å². The molecule has 23 heavy (non-hydrogen) atoms. The van der Waals surface area contributed by atoms with Gasteiger partial charge in [0.05, 0.1) is 0 Å². The lowest BCUT2D eigenvalue weighted by atomic mass is 9.71. The van der Waals surface area contributed by atoms with Gasteiger partial charge in [-0.2, -0.15) is 0 Å². The number of hydrogen-bond donors (Lipinski definition) is 0. The summed E-state index contributed by atoms with van der Waals surface area (Å²) in [5, 5.41) is 0. The van der Waals surface area contributed by atoms with Crippen molar-refractivity contribution < 1.29 is 14.4 Å². The number of amides is 1. The molecule has 128 valence electrons. The number of nitrogens with zero attached hydrogens (tertiary/aromatic N) is 1. The fourth-order valence-electron chi connectivity index (χ4n) is 3.03. The molecular formula is C19H29NO3. The van der Waals surface area contributed by atoms with Gasteiger partial charge in [-0.05, 0) is 27.2 Å². The molecule has 1 amide bonds. The highest BCUT2D eigenvalue weighted by atomic mass is 16.2. The van der Waals surface area contributed by atoms with Crippen molar-refractivity contribution in [3.05, 3.63) is 22.3 Å². The molecule has 0 aromatic rings. The van der Waals surface area contributed by atoms with E-state index in [1.54, 1.807) is 32.7 Å². The first-order valence-corrected chi connectivity index (χ1v) is 8.26. The number of ketones is 2. The largest absolute Gasteiger partial charge is 0.346 e. The van der Waals surface area contributed by atoms with E-state index >= 15 is 0 Å². The Morgan fingerprint density at radius 1 is 1.00 bits per heavy atom. The SMILES string of the molecule is CCCCN(C)C(=O)CC(C)(C)C1=C(C)C(=O)C(C)=C(C)C1=O. The third kappa shape index (κ3) is 3.98. The topological polar surface area (TPSA) is 54.5 Å². The Hall–Kier alpha value is -1.71. The molecule has 0 aliphatic heterocycles. The summed E-state index contributed by atoms with van der Waals surface area (Å²) in [7, 11) is 1.79. The van der Waals surface area contributed by atoms with Crippen molar-refractivity contribution in [3.8, 4) is 0 Å². The summed E-state index contributed by atoms with van der Waals surface area (Å²) in [4.78, 5) is 39.2. The van der Waals surface area contributed by atoms with Crippen LogP contribution in [0, 0.1) is 5.41 Å². The first-order valence-electron chi connectivity index (χ1n) is 8.26. The van der Waals surface area contributed by atoms with Gasteiger partial charge in [0.1, 0.15) is 0 Å². The van der Waals surface area contributed by atoms with E-state index in [9.17, 15) is 14.4 Å². The number of allylic oxidation sites excluding steroid dienone is 4. The predicted molar refractivity (Wildman–Crippen MR) is 92.0 cm³/mol. The monoisotopic (exact) mass is 319 g/mol. The van der Waals surface area contributed by atoms with E-state index in [4.69, 9.17) is 0 Å². The summed E-state index contributed by atoms with van der Waals surface area (Å²) in [5.74, 6) is -0.182. The van der Waals surface area contributed by atoms with E-state index in [0.29, 0.717) is 28.8 Å². The van der Waals surface area contributed by atoms with Crippen molar-refractivity contribution in [1.29, 1.82) is 0 Å². The minimum atomic E-state index is -0.656. The van der Waals surface area contributed by atoms with Crippen LogP contribution >= 0.6 is 0 Å². The Bertz CT molecular complexity index is 594. The standard InChI is InChI=1S/C19H29NO3/c1-8-9-10-20(7)15(21)11-19(5,6)16-14(4)17(22)12(2)13(3)18(16)23/h8-11H2,1-7H3. The highest BCUT2D eigenvalue weighted by molar-refractivity contribution is 6.25. The maximum Gasteiger partial charge on any atom is 0.223 e. The van der Waals surface area contributed by atoms with Crippen LogP contribution in [0.4, 0.5) is 0 Å². The predicted octanol–water partition coefficient (Wildman–Crippen LogP) is 3.47. The number of Topliss-reactive ketones (excluding diaryl/α,β-unsaturated/α-hetero) is 2. The van der Waals surface area contributed by atoms with Crippen LogP contribution in [-0.4, -0.2) is 36.0 Å². The smallest absolute Gasteiger partial charge is 0.223 e. The van der Waals surface area contributed by atoms with E-state index in [-0.39, 0.29) is 23.9 Å². The van der Waals surface area contributed by atoms with Gasteiger partial charge < -0.3 is 4.90 Å². The van der Waals surface area contributed by atoms with Gasteiger partial charge in [-0.3, -0.25) is 14.4 Å². The molecule has 1 aliphatic rings. The Balaban J connectivity index is 3.06. The molecule has 4 heteroatoms. The Kier molecular flexibility index (Phi) is 6.09. The molecule has 0 heterocycles. The van der Waals surface area contributed by atoms with Crippen LogP contribution in [0.25, 0.3) is 0 Å². The second-order valence-corrected chi connectivity index (χ2v) is 7.14. The molecule has 4 nitrogen and oxygen atoms in total. The molecule has 0 unspecified atom stereocenters. The van der Waals surface area contributed by atoms with Crippen LogP contribution in [0.5, 0.6) is 0 Å². The molecule has 1 aliphatic carbocycles. The van der Waals surface area contributed by atoms with Crippen molar-refractivity contribution in [3.63, 3.8) is 0 Å².